The molecule has 4 aliphatic rings. The van der Waals surface area contributed by atoms with E-state index in [2.05, 4.69) is 19.1 Å². The van der Waals surface area contributed by atoms with Gasteiger partial charge in [0.1, 0.15) is 5.78 Å². The maximum absolute atomic E-state index is 12.5. The summed E-state index contributed by atoms with van der Waals surface area (Å²) >= 11 is 0. The largest absolute Gasteiger partial charge is 0.498 e. The zero-order valence-corrected chi connectivity index (χ0v) is 15.2. The SMILES string of the molecule is CCOC1=CC2=CC[C@@H]3[C@H](CC[C@]4(C)C(=O)CC[C@@]34O)[C@@]2(C)CC1. The molecule has 3 heteroatoms. The maximum atomic E-state index is 12.5. The number of ketones is 1. The van der Waals surface area contributed by atoms with Gasteiger partial charge in [-0.2, -0.15) is 0 Å². The first-order chi connectivity index (χ1) is 11.3. The van der Waals surface area contributed by atoms with Gasteiger partial charge in [-0.05, 0) is 74.9 Å². The number of Topliss-reactive ketones (excluding diaryl/α,β-unsaturated/α-hetero) is 1. The molecule has 2 fully saturated rings. The van der Waals surface area contributed by atoms with Crippen molar-refractivity contribution >= 4 is 5.78 Å². The summed E-state index contributed by atoms with van der Waals surface area (Å²) in [7, 11) is 0. The molecule has 0 unspecified atom stereocenters. The van der Waals surface area contributed by atoms with Gasteiger partial charge < -0.3 is 9.84 Å². The zero-order chi connectivity index (χ0) is 17.2. The van der Waals surface area contributed by atoms with Crippen molar-refractivity contribution in [1.82, 2.24) is 0 Å². The molecular weight excluding hydrogens is 300 g/mol. The van der Waals surface area contributed by atoms with Crippen molar-refractivity contribution in [2.24, 2.45) is 22.7 Å². The molecule has 0 amide bonds. The second kappa shape index (κ2) is 5.20. The molecule has 4 rings (SSSR count). The molecule has 0 aromatic heterocycles. The molecule has 2 saturated carbocycles. The van der Waals surface area contributed by atoms with E-state index in [1.807, 2.05) is 13.8 Å². The van der Waals surface area contributed by atoms with Crippen molar-refractivity contribution in [2.75, 3.05) is 6.61 Å². The van der Waals surface area contributed by atoms with Crippen LogP contribution < -0.4 is 0 Å². The summed E-state index contributed by atoms with van der Waals surface area (Å²) < 4.78 is 5.76. The maximum Gasteiger partial charge on any atom is 0.141 e. The molecule has 0 aromatic rings. The molecule has 1 N–H and O–H groups in total. The van der Waals surface area contributed by atoms with Gasteiger partial charge in [-0.15, -0.1) is 0 Å². The van der Waals surface area contributed by atoms with Crippen LogP contribution in [0.3, 0.4) is 0 Å². The molecular formula is C21H30O3. The number of allylic oxidation sites excluding steroid dienone is 4. The van der Waals surface area contributed by atoms with E-state index in [0.717, 1.165) is 44.5 Å². The highest BCUT2D eigenvalue weighted by Crippen LogP contribution is 2.65. The average Bonchev–Trinajstić information content (AvgIpc) is 2.80. The summed E-state index contributed by atoms with van der Waals surface area (Å²) in [5.74, 6) is 2.08. The lowest BCUT2D eigenvalue weighted by molar-refractivity contribution is -0.173. The van der Waals surface area contributed by atoms with Gasteiger partial charge in [0.2, 0.25) is 0 Å². The summed E-state index contributed by atoms with van der Waals surface area (Å²) in [5.41, 5.74) is 0.195. The van der Waals surface area contributed by atoms with E-state index in [4.69, 9.17) is 4.74 Å². The smallest absolute Gasteiger partial charge is 0.141 e. The Hall–Kier alpha value is -1.09. The van der Waals surface area contributed by atoms with Gasteiger partial charge in [0, 0.05) is 12.8 Å². The molecule has 0 bridgehead atoms. The van der Waals surface area contributed by atoms with Crippen molar-refractivity contribution in [2.45, 2.75) is 71.3 Å². The van der Waals surface area contributed by atoms with E-state index in [9.17, 15) is 9.90 Å². The van der Waals surface area contributed by atoms with E-state index in [0.29, 0.717) is 18.8 Å². The normalized spacial score (nSPS) is 47.2. The Balaban J connectivity index is 1.72. The molecule has 24 heavy (non-hydrogen) atoms. The quantitative estimate of drug-likeness (QED) is 0.827. The Morgan fingerprint density at radius 1 is 1.21 bits per heavy atom. The molecule has 5 atom stereocenters. The van der Waals surface area contributed by atoms with Gasteiger partial charge in [-0.1, -0.05) is 13.0 Å². The number of aliphatic hydroxyl groups is 1. The van der Waals surface area contributed by atoms with E-state index in [1.54, 1.807) is 0 Å². The van der Waals surface area contributed by atoms with Crippen molar-refractivity contribution in [3.8, 4) is 0 Å². The molecule has 132 valence electrons. The van der Waals surface area contributed by atoms with Crippen LogP contribution >= 0.6 is 0 Å². The highest BCUT2D eigenvalue weighted by Gasteiger charge is 2.66. The van der Waals surface area contributed by atoms with Crippen LogP contribution in [0.25, 0.3) is 0 Å². The van der Waals surface area contributed by atoms with Crippen LogP contribution in [0.4, 0.5) is 0 Å². The fraction of sp³-hybridized carbons (Fsp3) is 0.762. The van der Waals surface area contributed by atoms with E-state index >= 15 is 0 Å². The number of hydrogen-bond acceptors (Lipinski definition) is 3. The molecule has 0 aliphatic heterocycles. The number of fused-ring (bicyclic) bond motifs is 5. The molecule has 0 saturated heterocycles. The highest BCUT2D eigenvalue weighted by atomic mass is 16.5. The third kappa shape index (κ3) is 1.91. The minimum atomic E-state index is -0.804. The lowest BCUT2D eigenvalue weighted by Gasteiger charge is -2.59. The van der Waals surface area contributed by atoms with Gasteiger partial charge in [0.05, 0.1) is 23.4 Å². The van der Waals surface area contributed by atoms with Crippen molar-refractivity contribution in [3.05, 3.63) is 23.5 Å². The van der Waals surface area contributed by atoms with Crippen LogP contribution in [0.1, 0.15) is 65.7 Å². The molecule has 0 spiro atoms. The molecule has 4 aliphatic carbocycles. The van der Waals surface area contributed by atoms with Crippen molar-refractivity contribution < 1.29 is 14.6 Å². The second-order valence-electron chi connectivity index (χ2n) is 8.79. The molecule has 3 nitrogen and oxygen atoms in total. The Bertz CT molecular complexity index is 633. The highest BCUT2D eigenvalue weighted by molar-refractivity contribution is 5.88. The monoisotopic (exact) mass is 330 g/mol. The number of carbonyl (C=O) groups excluding carboxylic acids is 1. The Morgan fingerprint density at radius 2 is 2.00 bits per heavy atom. The minimum absolute atomic E-state index is 0.117. The van der Waals surface area contributed by atoms with Gasteiger partial charge >= 0.3 is 0 Å². The van der Waals surface area contributed by atoms with Gasteiger partial charge in [-0.3, -0.25) is 4.79 Å². The fourth-order valence-electron chi connectivity index (χ4n) is 6.33. The van der Waals surface area contributed by atoms with Gasteiger partial charge in [0.15, 0.2) is 0 Å². The molecule has 0 radical (unpaired) electrons. The summed E-state index contributed by atoms with van der Waals surface area (Å²) in [6.45, 7) is 7.16. The molecule has 0 heterocycles. The topological polar surface area (TPSA) is 46.5 Å². The van der Waals surface area contributed by atoms with Crippen molar-refractivity contribution in [3.63, 3.8) is 0 Å². The van der Waals surface area contributed by atoms with E-state index < -0.39 is 11.0 Å². The molecule has 0 aromatic carbocycles. The first kappa shape index (κ1) is 16.4. The van der Waals surface area contributed by atoms with Crippen LogP contribution in [-0.4, -0.2) is 23.1 Å². The average molecular weight is 330 g/mol. The van der Waals surface area contributed by atoms with Crippen LogP contribution in [0.15, 0.2) is 23.5 Å². The first-order valence-corrected chi connectivity index (χ1v) is 9.65. The number of carbonyl (C=O) groups is 1. The van der Waals surface area contributed by atoms with E-state index in [-0.39, 0.29) is 17.1 Å². The lowest BCUT2D eigenvalue weighted by Crippen LogP contribution is -2.60. The number of hydrogen-bond donors (Lipinski definition) is 1. The van der Waals surface area contributed by atoms with Crippen LogP contribution in [0.2, 0.25) is 0 Å². The van der Waals surface area contributed by atoms with Gasteiger partial charge in [0.25, 0.3) is 0 Å². The Labute approximate surface area is 145 Å². The standard InChI is InChI=1S/C21H30O3/c1-4-24-15-7-10-19(2)14(13-15)5-6-17-16(19)8-11-20(3)18(22)9-12-21(17,20)23/h5,13,16-17,23H,4,6-12H2,1-3H3/t16-,17+,19-,20+,21+/m0/s1. The number of ether oxygens (including phenoxy) is 1. The Kier molecular flexibility index (Phi) is 3.55. The van der Waals surface area contributed by atoms with Crippen LogP contribution in [0.5, 0.6) is 0 Å². The summed E-state index contributed by atoms with van der Waals surface area (Å²) in [5, 5.41) is 11.6. The minimum Gasteiger partial charge on any atom is -0.498 e. The van der Waals surface area contributed by atoms with Crippen LogP contribution in [0, 0.1) is 22.7 Å². The summed E-state index contributed by atoms with van der Waals surface area (Å²) in [4.78, 5) is 12.5. The summed E-state index contributed by atoms with van der Waals surface area (Å²) in [6.07, 6.45) is 10.7. The number of rotatable bonds is 2. The van der Waals surface area contributed by atoms with Crippen molar-refractivity contribution in [1.29, 1.82) is 0 Å². The summed E-state index contributed by atoms with van der Waals surface area (Å²) in [6, 6.07) is 0. The first-order valence-electron chi connectivity index (χ1n) is 9.65. The Morgan fingerprint density at radius 3 is 2.75 bits per heavy atom. The zero-order valence-electron chi connectivity index (χ0n) is 15.2. The second-order valence-corrected chi connectivity index (χ2v) is 8.79. The third-order valence-corrected chi connectivity index (χ3v) is 7.97. The fourth-order valence-corrected chi connectivity index (χ4v) is 6.33. The van der Waals surface area contributed by atoms with Gasteiger partial charge in [-0.25, -0.2) is 0 Å². The lowest BCUT2D eigenvalue weighted by atomic mass is 9.47. The predicted octanol–water partition coefficient (Wildman–Crippen LogP) is 4.16. The van der Waals surface area contributed by atoms with Crippen LogP contribution in [-0.2, 0) is 9.53 Å². The van der Waals surface area contributed by atoms with E-state index in [1.165, 1.54) is 5.57 Å². The third-order valence-electron chi connectivity index (χ3n) is 7.97. The predicted molar refractivity (Wildman–Crippen MR) is 93.3 cm³/mol.